The van der Waals surface area contributed by atoms with Gasteiger partial charge < -0.3 is 10.1 Å². The van der Waals surface area contributed by atoms with Crippen LogP contribution in [-0.4, -0.2) is 23.7 Å². The van der Waals surface area contributed by atoms with Gasteiger partial charge >= 0.3 is 0 Å². The molecular weight excluding hydrogens is 386 g/mol. The Labute approximate surface area is 166 Å². The van der Waals surface area contributed by atoms with Gasteiger partial charge in [-0.05, 0) is 36.6 Å². The van der Waals surface area contributed by atoms with Gasteiger partial charge in [-0.3, -0.25) is 14.9 Å². The third kappa shape index (κ3) is 5.19. The van der Waals surface area contributed by atoms with Crippen LogP contribution in [0.25, 0.3) is 0 Å². The number of nitro groups is 1. The summed E-state index contributed by atoms with van der Waals surface area (Å²) in [4.78, 5) is 28.4. The Morgan fingerprint density at radius 2 is 2.11 bits per heavy atom. The highest BCUT2D eigenvalue weighted by Gasteiger charge is 2.20. The van der Waals surface area contributed by atoms with E-state index >= 15 is 0 Å². The number of carbonyl (C=O) groups is 1. The molecule has 1 amide bonds. The van der Waals surface area contributed by atoms with E-state index in [1.54, 1.807) is 6.07 Å². The predicted octanol–water partition coefficient (Wildman–Crippen LogP) is 4.05. The summed E-state index contributed by atoms with van der Waals surface area (Å²) in [5, 5.41) is 15.0. The highest BCUT2D eigenvalue weighted by atomic mass is 35.5. The summed E-state index contributed by atoms with van der Waals surface area (Å²) >= 11 is 6.11. The Morgan fingerprint density at radius 1 is 1.29 bits per heavy atom. The topological polar surface area (TPSA) is 103 Å². The van der Waals surface area contributed by atoms with Crippen molar-refractivity contribution in [3.63, 3.8) is 0 Å². The minimum absolute atomic E-state index is 0.116. The van der Waals surface area contributed by atoms with Crippen LogP contribution in [0.1, 0.15) is 35.2 Å². The molecule has 2 N–H and O–H groups in total. The molecule has 0 spiro atoms. The molecule has 1 saturated heterocycles. The number of amides is 1. The molecule has 28 heavy (non-hydrogen) atoms. The van der Waals surface area contributed by atoms with Crippen LogP contribution >= 0.6 is 11.6 Å². The Morgan fingerprint density at radius 3 is 2.82 bits per heavy atom. The smallest absolute Gasteiger partial charge is 0.293 e. The third-order valence-electron chi connectivity index (χ3n) is 4.30. The average molecular weight is 406 g/mol. The Balaban J connectivity index is 1.67. The summed E-state index contributed by atoms with van der Waals surface area (Å²) in [5.74, 6) is -0.574. The molecule has 148 valence electrons. The number of hydrogen-bond acceptors (Lipinski definition) is 6. The van der Waals surface area contributed by atoms with Crippen molar-refractivity contribution in [2.24, 2.45) is 0 Å². The van der Waals surface area contributed by atoms with Crippen molar-refractivity contribution in [3.05, 3.63) is 68.7 Å². The minimum atomic E-state index is -0.574. The summed E-state index contributed by atoms with van der Waals surface area (Å²) in [6.45, 7) is 0.895. The van der Waals surface area contributed by atoms with Crippen LogP contribution in [0.15, 0.2) is 42.5 Å². The van der Waals surface area contributed by atoms with Gasteiger partial charge in [0.1, 0.15) is 5.69 Å². The van der Waals surface area contributed by atoms with Crippen LogP contribution in [-0.2, 0) is 16.1 Å². The third-order valence-corrected chi connectivity index (χ3v) is 4.67. The summed E-state index contributed by atoms with van der Waals surface area (Å²) < 4.78 is 5.36. The lowest BCUT2D eigenvalue weighted by molar-refractivity contribution is -0.384. The van der Waals surface area contributed by atoms with Crippen molar-refractivity contribution in [2.45, 2.75) is 32.1 Å². The summed E-state index contributed by atoms with van der Waals surface area (Å²) in [6.07, 6.45) is 2.11. The molecule has 0 saturated carbocycles. The maximum absolute atomic E-state index is 12.2. The number of nitrogens with zero attached hydrogens (tertiary/aromatic N) is 1. The van der Waals surface area contributed by atoms with E-state index in [2.05, 4.69) is 10.8 Å². The second kappa shape index (κ2) is 9.50. The highest BCUT2D eigenvalue weighted by molar-refractivity contribution is 6.31. The number of hydrogen-bond donors (Lipinski definition) is 2. The number of carbonyl (C=O) groups excluding carboxylic acids is 1. The van der Waals surface area contributed by atoms with E-state index in [0.29, 0.717) is 24.6 Å². The van der Waals surface area contributed by atoms with Crippen LogP contribution in [0.4, 0.5) is 11.4 Å². The quantitative estimate of drug-likeness (QED) is 0.532. The number of rotatable bonds is 7. The molecule has 0 aromatic heterocycles. The minimum Gasteiger partial charge on any atom is -0.375 e. The lowest BCUT2D eigenvalue weighted by Crippen LogP contribution is -2.33. The number of benzene rings is 2. The van der Waals surface area contributed by atoms with Gasteiger partial charge in [0.25, 0.3) is 11.6 Å². The van der Waals surface area contributed by atoms with E-state index in [-0.39, 0.29) is 16.9 Å². The number of ether oxygens (including phenoxy) is 1. The van der Waals surface area contributed by atoms with Crippen molar-refractivity contribution in [2.75, 3.05) is 11.9 Å². The number of nitrogens with one attached hydrogen (secondary N) is 2. The summed E-state index contributed by atoms with van der Waals surface area (Å²) in [5.41, 5.74) is 3.29. The predicted molar refractivity (Wildman–Crippen MR) is 104 cm³/mol. The van der Waals surface area contributed by atoms with E-state index in [1.165, 1.54) is 18.2 Å². The molecule has 2 aromatic rings. The van der Waals surface area contributed by atoms with Gasteiger partial charge in [0.05, 0.1) is 4.92 Å². The lowest BCUT2D eigenvalue weighted by atomic mass is 10.1. The highest BCUT2D eigenvalue weighted by Crippen LogP contribution is 2.27. The van der Waals surface area contributed by atoms with Gasteiger partial charge in [0.15, 0.2) is 6.29 Å². The first-order valence-corrected chi connectivity index (χ1v) is 9.25. The van der Waals surface area contributed by atoms with Gasteiger partial charge in [0.2, 0.25) is 0 Å². The van der Waals surface area contributed by atoms with Crippen molar-refractivity contribution in [3.8, 4) is 0 Å². The Kier molecular flexibility index (Phi) is 6.80. The molecule has 2 aromatic carbocycles. The van der Waals surface area contributed by atoms with Crippen molar-refractivity contribution in [1.29, 1.82) is 0 Å². The largest absolute Gasteiger partial charge is 0.375 e. The van der Waals surface area contributed by atoms with Gasteiger partial charge in [0, 0.05) is 36.2 Å². The van der Waals surface area contributed by atoms with Crippen LogP contribution in [0, 0.1) is 10.1 Å². The van der Waals surface area contributed by atoms with E-state index < -0.39 is 17.1 Å². The fraction of sp³-hybridized carbons (Fsp3) is 0.316. The standard InChI is InChI=1S/C19H20ClN3O5/c20-15-6-2-1-5-14(15)12-21-16-9-8-13(11-17(16)23(25)26)19(24)22-28-18-7-3-4-10-27-18/h1-2,5-6,8-9,11,18,21H,3-4,7,10,12H2,(H,22,24). The molecule has 1 unspecified atom stereocenters. The zero-order chi connectivity index (χ0) is 19.9. The monoisotopic (exact) mass is 405 g/mol. The second-order valence-corrected chi connectivity index (χ2v) is 6.69. The van der Waals surface area contributed by atoms with E-state index in [4.69, 9.17) is 21.2 Å². The Hall–Kier alpha value is -2.68. The van der Waals surface area contributed by atoms with Gasteiger partial charge in [-0.25, -0.2) is 10.3 Å². The second-order valence-electron chi connectivity index (χ2n) is 6.28. The SMILES string of the molecule is O=C(NOC1CCCCO1)c1ccc(NCc2ccccc2Cl)c([N+](=O)[O-])c1. The zero-order valence-corrected chi connectivity index (χ0v) is 15.8. The van der Waals surface area contributed by atoms with Gasteiger partial charge in [-0.2, -0.15) is 0 Å². The zero-order valence-electron chi connectivity index (χ0n) is 15.0. The van der Waals surface area contributed by atoms with Crippen LogP contribution in [0.2, 0.25) is 5.02 Å². The summed E-state index contributed by atoms with van der Waals surface area (Å²) in [6, 6.07) is 11.4. The first kappa shape index (κ1) is 20.1. The molecule has 1 atom stereocenters. The molecule has 3 rings (SSSR count). The van der Waals surface area contributed by atoms with Crippen molar-refractivity contribution in [1.82, 2.24) is 5.48 Å². The van der Waals surface area contributed by atoms with Crippen LogP contribution in [0.3, 0.4) is 0 Å². The maximum Gasteiger partial charge on any atom is 0.293 e. The molecule has 8 nitrogen and oxygen atoms in total. The molecule has 0 radical (unpaired) electrons. The first-order valence-electron chi connectivity index (χ1n) is 8.88. The van der Waals surface area contributed by atoms with Crippen molar-refractivity contribution < 1.29 is 19.3 Å². The molecule has 1 heterocycles. The molecular formula is C19H20ClN3O5. The molecule has 0 aliphatic carbocycles. The fourth-order valence-electron chi connectivity index (χ4n) is 2.79. The number of hydroxylamine groups is 1. The van der Waals surface area contributed by atoms with Gasteiger partial charge in [-0.1, -0.05) is 29.8 Å². The number of anilines is 1. The summed E-state index contributed by atoms with van der Waals surface area (Å²) in [7, 11) is 0. The number of halogens is 1. The molecule has 1 fully saturated rings. The first-order chi connectivity index (χ1) is 13.5. The fourth-order valence-corrected chi connectivity index (χ4v) is 2.99. The molecule has 9 heteroatoms. The molecule has 1 aliphatic heterocycles. The lowest BCUT2D eigenvalue weighted by Gasteiger charge is -2.22. The van der Waals surface area contributed by atoms with E-state index in [9.17, 15) is 14.9 Å². The van der Waals surface area contributed by atoms with E-state index in [1.807, 2.05) is 18.2 Å². The van der Waals surface area contributed by atoms with Crippen molar-refractivity contribution >= 4 is 28.9 Å². The van der Waals surface area contributed by atoms with E-state index in [0.717, 1.165) is 18.4 Å². The van der Waals surface area contributed by atoms with Crippen LogP contribution < -0.4 is 10.8 Å². The molecule has 0 bridgehead atoms. The van der Waals surface area contributed by atoms with Gasteiger partial charge in [-0.15, -0.1) is 0 Å². The van der Waals surface area contributed by atoms with Crippen LogP contribution in [0.5, 0.6) is 0 Å². The number of nitro benzene ring substituents is 1. The maximum atomic E-state index is 12.2. The Bertz CT molecular complexity index is 855. The normalized spacial score (nSPS) is 16.4. The average Bonchev–Trinajstić information content (AvgIpc) is 2.72. The molecule has 1 aliphatic rings.